The van der Waals surface area contributed by atoms with Crippen molar-refractivity contribution in [1.82, 2.24) is 0 Å². The number of hydrogen-bond acceptors (Lipinski definition) is 0. The van der Waals surface area contributed by atoms with Gasteiger partial charge in [-0.2, -0.15) is 0 Å². The normalized spacial score (nSPS) is 13.7. The summed E-state index contributed by atoms with van der Waals surface area (Å²) < 4.78 is 0. The summed E-state index contributed by atoms with van der Waals surface area (Å²) in [6, 6.07) is 0. The molecule has 55 valence electrons. The Morgan fingerprint density at radius 2 is 2.00 bits per heavy atom. The molecule has 1 radical (unpaired) electrons. The molecule has 0 fully saturated rings. The fraction of sp³-hybridized carbons (Fsp3) is 0.875. The van der Waals surface area contributed by atoms with Crippen LogP contribution in [-0.4, -0.2) is 5.38 Å². The van der Waals surface area contributed by atoms with E-state index in [1.807, 2.05) is 0 Å². The van der Waals surface area contributed by atoms with Crippen molar-refractivity contribution in [2.24, 2.45) is 0 Å². The summed E-state index contributed by atoms with van der Waals surface area (Å²) in [7, 11) is 0. The predicted molar refractivity (Wildman–Crippen MR) is 43.8 cm³/mol. The fourth-order valence-electron chi connectivity index (χ4n) is 0.741. The number of alkyl halides is 1. The van der Waals surface area contributed by atoms with Gasteiger partial charge >= 0.3 is 0 Å². The Bertz CT molecular complexity index is 52.5. The van der Waals surface area contributed by atoms with Gasteiger partial charge in [-0.1, -0.05) is 26.7 Å². The standard InChI is InChI=1S/C8H16Cl/c1-3-5-7-8(9)6-4-2/h7-8H,3-6H2,1-2H3. The van der Waals surface area contributed by atoms with E-state index in [-0.39, 0.29) is 0 Å². The minimum atomic E-state index is 0.315. The molecule has 1 atom stereocenters. The molecule has 0 N–H and O–H groups in total. The predicted octanol–water partition coefficient (Wildman–Crippen LogP) is 3.40. The van der Waals surface area contributed by atoms with E-state index >= 15 is 0 Å². The summed E-state index contributed by atoms with van der Waals surface area (Å²) in [5.41, 5.74) is 0. The Balaban J connectivity index is 2.95. The van der Waals surface area contributed by atoms with Crippen molar-refractivity contribution in [3.63, 3.8) is 0 Å². The van der Waals surface area contributed by atoms with Crippen LogP contribution >= 0.6 is 11.6 Å². The highest BCUT2D eigenvalue weighted by Gasteiger charge is 2.00. The summed E-state index contributed by atoms with van der Waals surface area (Å²) in [4.78, 5) is 0. The highest BCUT2D eigenvalue weighted by molar-refractivity contribution is 6.21. The summed E-state index contributed by atoms with van der Waals surface area (Å²) in [6.45, 7) is 4.33. The van der Waals surface area contributed by atoms with E-state index in [1.165, 1.54) is 12.8 Å². The lowest BCUT2D eigenvalue weighted by molar-refractivity contribution is 0.744. The van der Waals surface area contributed by atoms with Gasteiger partial charge in [-0.15, -0.1) is 11.6 Å². The van der Waals surface area contributed by atoms with E-state index in [0.29, 0.717) is 5.38 Å². The zero-order chi connectivity index (χ0) is 7.11. The maximum Gasteiger partial charge on any atom is 0.0367 e. The van der Waals surface area contributed by atoms with Crippen molar-refractivity contribution < 1.29 is 0 Å². The van der Waals surface area contributed by atoms with Crippen molar-refractivity contribution in [2.75, 3.05) is 0 Å². The van der Waals surface area contributed by atoms with Gasteiger partial charge in [-0.25, -0.2) is 0 Å². The SMILES string of the molecule is CCC[CH]C(Cl)CCC. The van der Waals surface area contributed by atoms with Crippen LogP contribution in [0.25, 0.3) is 0 Å². The number of unbranched alkanes of at least 4 members (excludes halogenated alkanes) is 1. The minimum Gasteiger partial charge on any atom is -0.123 e. The van der Waals surface area contributed by atoms with Crippen LogP contribution in [0, 0.1) is 6.42 Å². The van der Waals surface area contributed by atoms with Crippen molar-refractivity contribution >= 4 is 11.6 Å². The molecule has 0 heterocycles. The van der Waals surface area contributed by atoms with Crippen LogP contribution in [0.1, 0.15) is 39.5 Å². The van der Waals surface area contributed by atoms with Crippen molar-refractivity contribution in [3.05, 3.63) is 6.42 Å². The first-order valence-corrected chi connectivity index (χ1v) is 4.22. The zero-order valence-electron chi connectivity index (χ0n) is 6.36. The maximum atomic E-state index is 5.90. The fourth-order valence-corrected chi connectivity index (χ4v) is 1.09. The lowest BCUT2D eigenvalue weighted by Crippen LogP contribution is -1.97. The molecule has 0 rings (SSSR count). The molecule has 0 aliphatic rings. The third-order valence-corrected chi connectivity index (χ3v) is 1.67. The first-order chi connectivity index (χ1) is 4.31. The number of hydrogen-bond donors (Lipinski definition) is 0. The van der Waals surface area contributed by atoms with Crippen LogP contribution in [-0.2, 0) is 0 Å². The summed E-state index contributed by atoms with van der Waals surface area (Å²) in [6.07, 6.45) is 6.89. The molecule has 0 saturated carbocycles. The molecule has 1 heteroatoms. The zero-order valence-corrected chi connectivity index (χ0v) is 7.12. The second-order valence-corrected chi connectivity index (χ2v) is 2.89. The smallest absolute Gasteiger partial charge is 0.0367 e. The van der Waals surface area contributed by atoms with Gasteiger partial charge in [0.05, 0.1) is 0 Å². The van der Waals surface area contributed by atoms with Crippen LogP contribution in [0.5, 0.6) is 0 Å². The highest BCUT2D eigenvalue weighted by Crippen LogP contribution is 2.11. The molecular formula is C8H16Cl. The molecule has 0 aromatic rings. The molecule has 0 saturated heterocycles. The van der Waals surface area contributed by atoms with E-state index < -0.39 is 0 Å². The van der Waals surface area contributed by atoms with Crippen molar-refractivity contribution in [2.45, 2.75) is 44.9 Å². The monoisotopic (exact) mass is 147 g/mol. The lowest BCUT2D eigenvalue weighted by Gasteiger charge is -2.04. The van der Waals surface area contributed by atoms with Gasteiger partial charge in [0, 0.05) is 5.38 Å². The third-order valence-electron chi connectivity index (χ3n) is 1.28. The second-order valence-electron chi connectivity index (χ2n) is 2.33. The van der Waals surface area contributed by atoms with Gasteiger partial charge in [-0.05, 0) is 19.3 Å². The van der Waals surface area contributed by atoms with Crippen molar-refractivity contribution in [3.8, 4) is 0 Å². The van der Waals surface area contributed by atoms with Gasteiger partial charge in [0.25, 0.3) is 0 Å². The molecule has 0 aliphatic heterocycles. The summed E-state index contributed by atoms with van der Waals surface area (Å²) >= 11 is 5.90. The largest absolute Gasteiger partial charge is 0.123 e. The second kappa shape index (κ2) is 6.41. The molecular weight excluding hydrogens is 132 g/mol. The Morgan fingerprint density at radius 3 is 2.44 bits per heavy atom. The molecule has 0 nitrogen and oxygen atoms in total. The van der Waals surface area contributed by atoms with Gasteiger partial charge in [0.15, 0.2) is 0 Å². The molecule has 0 bridgehead atoms. The summed E-state index contributed by atoms with van der Waals surface area (Å²) in [5.74, 6) is 0. The van der Waals surface area contributed by atoms with Crippen LogP contribution in [0.15, 0.2) is 0 Å². The van der Waals surface area contributed by atoms with E-state index in [0.717, 1.165) is 12.8 Å². The average molecular weight is 148 g/mol. The Morgan fingerprint density at radius 1 is 1.33 bits per heavy atom. The molecule has 1 unspecified atom stereocenters. The minimum absolute atomic E-state index is 0.315. The van der Waals surface area contributed by atoms with Crippen LogP contribution in [0.4, 0.5) is 0 Å². The van der Waals surface area contributed by atoms with Gasteiger partial charge in [0.1, 0.15) is 0 Å². The molecule has 0 aromatic carbocycles. The van der Waals surface area contributed by atoms with Gasteiger partial charge in [0.2, 0.25) is 0 Å². The van der Waals surface area contributed by atoms with Crippen LogP contribution < -0.4 is 0 Å². The third kappa shape index (κ3) is 6.17. The molecule has 0 aromatic heterocycles. The Hall–Kier alpha value is 0.290. The maximum absolute atomic E-state index is 5.90. The van der Waals surface area contributed by atoms with E-state index in [9.17, 15) is 0 Å². The lowest BCUT2D eigenvalue weighted by atomic mass is 10.1. The van der Waals surface area contributed by atoms with Crippen molar-refractivity contribution in [1.29, 1.82) is 0 Å². The number of halogens is 1. The van der Waals surface area contributed by atoms with Crippen LogP contribution in [0.3, 0.4) is 0 Å². The van der Waals surface area contributed by atoms with E-state index in [2.05, 4.69) is 20.3 Å². The van der Waals surface area contributed by atoms with E-state index in [1.54, 1.807) is 0 Å². The van der Waals surface area contributed by atoms with Gasteiger partial charge in [-0.3, -0.25) is 0 Å². The Kier molecular flexibility index (Phi) is 6.62. The first-order valence-electron chi connectivity index (χ1n) is 3.78. The Labute approximate surface area is 63.6 Å². The topological polar surface area (TPSA) is 0 Å². The first kappa shape index (κ1) is 9.29. The summed E-state index contributed by atoms with van der Waals surface area (Å²) in [5, 5.41) is 0.315. The molecule has 0 aliphatic carbocycles. The molecule has 0 spiro atoms. The molecule has 9 heavy (non-hydrogen) atoms. The van der Waals surface area contributed by atoms with Crippen LogP contribution in [0.2, 0.25) is 0 Å². The quantitative estimate of drug-likeness (QED) is 0.523. The molecule has 0 amide bonds. The highest BCUT2D eigenvalue weighted by atomic mass is 35.5. The van der Waals surface area contributed by atoms with E-state index in [4.69, 9.17) is 11.6 Å². The number of rotatable bonds is 5. The average Bonchev–Trinajstić information content (AvgIpc) is 1.85. The van der Waals surface area contributed by atoms with Gasteiger partial charge < -0.3 is 0 Å².